The van der Waals surface area contributed by atoms with E-state index in [1.807, 2.05) is 48.6 Å². The SMILES string of the molecule is CC/C=C/C=C/C=C/C=C/CCCCCCCC(=O)OC[C@H](CO[C@H]1O[C@H](CS(=O)(=O)O)[C@@H](O)C(O)C1O)OC(=O)CCC/C=C/C/C=C/C/C=C/C/C=C/C/C=C/CC. The summed E-state index contributed by atoms with van der Waals surface area (Å²) in [4.78, 5) is 25.4. The minimum absolute atomic E-state index is 0.0728. The average Bonchev–Trinajstić information content (AvgIpc) is 3.21. The van der Waals surface area contributed by atoms with E-state index in [4.69, 9.17) is 18.9 Å². The number of carbonyl (C=O) groups excluding carboxylic acids is 2. The highest BCUT2D eigenvalue weighted by Gasteiger charge is 2.46. The number of ether oxygens (including phenoxy) is 4. The van der Waals surface area contributed by atoms with Gasteiger partial charge in [-0.2, -0.15) is 8.42 Å². The van der Waals surface area contributed by atoms with Gasteiger partial charge in [-0.25, -0.2) is 0 Å². The van der Waals surface area contributed by atoms with E-state index in [9.17, 15) is 37.9 Å². The summed E-state index contributed by atoms with van der Waals surface area (Å²) in [6, 6.07) is 0. The first-order valence-corrected chi connectivity index (χ1v) is 23.1. The van der Waals surface area contributed by atoms with Crippen molar-refractivity contribution in [2.24, 2.45) is 0 Å². The van der Waals surface area contributed by atoms with Crippen molar-refractivity contribution in [1.82, 2.24) is 0 Å². The zero-order valence-electron chi connectivity index (χ0n) is 35.8. The molecule has 1 saturated heterocycles. The Labute approximate surface area is 359 Å². The molecule has 0 amide bonds. The number of rotatable bonds is 33. The number of hydrogen-bond acceptors (Lipinski definition) is 11. The molecule has 0 aliphatic carbocycles. The van der Waals surface area contributed by atoms with Gasteiger partial charge in [0.15, 0.2) is 12.4 Å². The highest BCUT2D eigenvalue weighted by Crippen LogP contribution is 2.24. The third kappa shape index (κ3) is 30.4. The summed E-state index contributed by atoms with van der Waals surface area (Å²) < 4.78 is 53.9. The summed E-state index contributed by atoms with van der Waals surface area (Å²) >= 11 is 0. The summed E-state index contributed by atoms with van der Waals surface area (Å²) in [5, 5.41) is 30.8. The Morgan fingerprint density at radius 3 is 1.72 bits per heavy atom. The fraction of sp³-hybridized carbons (Fsp3) is 0.574. The molecule has 1 rings (SSSR count). The lowest BCUT2D eigenvalue weighted by Gasteiger charge is -2.40. The van der Waals surface area contributed by atoms with Gasteiger partial charge in [0.05, 0.1) is 6.61 Å². The molecule has 338 valence electrons. The standard InChI is InChI=1S/C47H72O12S/c1-3-5-7-9-11-13-15-17-19-20-22-24-26-28-30-32-34-36-43(49)58-40(38-57-47-46(52)45(51)44(50)41(59-47)39-60(53,54)55)37-56-42(48)35-33-31-29-27-25-23-21-18-16-14-12-10-8-6-4-2/h5-8,10-14,16-19,21-22,24,28,30,40-41,44-47,50-52H,3-4,9,15,20,23,25-27,29,31-39H2,1-2H3,(H,53,54,55)/b7-5+,8-6+,12-10+,13-11+,16-14+,19-17+,21-18+,24-22+,30-28+/t40-,41-,44-,45?,46?,47+/m1/s1. The van der Waals surface area contributed by atoms with Gasteiger partial charge in [0, 0.05) is 12.8 Å². The Balaban J connectivity index is 2.55. The van der Waals surface area contributed by atoms with E-state index in [0.717, 1.165) is 70.6 Å². The van der Waals surface area contributed by atoms with Gasteiger partial charge in [0.1, 0.15) is 36.8 Å². The third-order valence-corrected chi connectivity index (χ3v) is 9.69. The molecule has 4 N–H and O–H groups in total. The molecule has 12 nitrogen and oxygen atoms in total. The van der Waals surface area contributed by atoms with Crippen LogP contribution in [0.2, 0.25) is 0 Å². The largest absolute Gasteiger partial charge is 0.462 e. The Morgan fingerprint density at radius 2 is 1.10 bits per heavy atom. The Morgan fingerprint density at radius 1 is 0.583 bits per heavy atom. The quantitative estimate of drug-likeness (QED) is 0.0163. The molecule has 1 heterocycles. The monoisotopic (exact) mass is 860 g/mol. The summed E-state index contributed by atoms with van der Waals surface area (Å²) in [6.07, 6.45) is 40.0. The second kappa shape index (κ2) is 36.0. The van der Waals surface area contributed by atoms with Crippen molar-refractivity contribution in [3.05, 3.63) is 109 Å². The van der Waals surface area contributed by atoms with Gasteiger partial charge in [-0.3, -0.25) is 14.1 Å². The molecule has 2 unspecified atom stereocenters. The molecular formula is C47H72O12S. The smallest absolute Gasteiger partial charge is 0.306 e. The van der Waals surface area contributed by atoms with Crippen LogP contribution < -0.4 is 0 Å². The van der Waals surface area contributed by atoms with Crippen LogP contribution in [0.1, 0.15) is 117 Å². The van der Waals surface area contributed by atoms with Crippen LogP contribution in [0, 0.1) is 0 Å². The van der Waals surface area contributed by atoms with Crippen molar-refractivity contribution >= 4 is 22.1 Å². The van der Waals surface area contributed by atoms with Crippen LogP contribution in [0.25, 0.3) is 0 Å². The van der Waals surface area contributed by atoms with Crippen molar-refractivity contribution < 1.29 is 56.8 Å². The van der Waals surface area contributed by atoms with Crippen LogP contribution in [0.3, 0.4) is 0 Å². The zero-order chi connectivity index (χ0) is 44.1. The maximum atomic E-state index is 12.8. The van der Waals surface area contributed by atoms with Crippen LogP contribution >= 0.6 is 0 Å². The summed E-state index contributed by atoms with van der Waals surface area (Å²) in [5.41, 5.74) is 0. The van der Waals surface area contributed by atoms with Gasteiger partial charge in [-0.05, 0) is 70.6 Å². The van der Waals surface area contributed by atoms with Gasteiger partial charge >= 0.3 is 11.9 Å². The van der Waals surface area contributed by atoms with E-state index in [2.05, 4.69) is 74.6 Å². The third-order valence-electron chi connectivity index (χ3n) is 8.94. The molecule has 60 heavy (non-hydrogen) atoms. The number of hydrogen-bond donors (Lipinski definition) is 4. The number of carbonyl (C=O) groups is 2. The minimum atomic E-state index is -4.62. The van der Waals surface area contributed by atoms with Crippen molar-refractivity contribution in [2.75, 3.05) is 19.0 Å². The second-order valence-corrected chi connectivity index (χ2v) is 15.8. The Hall–Kier alpha value is -3.69. The van der Waals surface area contributed by atoms with Crippen LogP contribution in [0.15, 0.2) is 109 Å². The van der Waals surface area contributed by atoms with Crippen LogP contribution in [0.5, 0.6) is 0 Å². The number of unbranched alkanes of at least 4 members (excludes halogenated alkanes) is 6. The molecule has 0 aromatic rings. The van der Waals surface area contributed by atoms with Gasteiger partial charge < -0.3 is 34.3 Å². The normalized spacial score (nSPS) is 21.2. The molecule has 0 aromatic heterocycles. The first kappa shape index (κ1) is 54.3. The molecule has 1 aliphatic rings. The maximum Gasteiger partial charge on any atom is 0.306 e. The molecule has 1 aliphatic heterocycles. The number of allylic oxidation sites excluding steroid dienone is 18. The summed E-state index contributed by atoms with van der Waals surface area (Å²) in [7, 11) is -4.62. The highest BCUT2D eigenvalue weighted by molar-refractivity contribution is 7.85. The number of aliphatic hydroxyl groups is 3. The first-order valence-electron chi connectivity index (χ1n) is 21.5. The first-order chi connectivity index (χ1) is 29.0. The lowest BCUT2D eigenvalue weighted by atomic mass is 10.00. The summed E-state index contributed by atoms with van der Waals surface area (Å²) in [5.74, 6) is -2.11. The van der Waals surface area contributed by atoms with E-state index in [1.54, 1.807) is 0 Å². The molecular weight excluding hydrogens is 789 g/mol. The molecule has 0 aromatic carbocycles. The summed E-state index contributed by atoms with van der Waals surface area (Å²) in [6.45, 7) is 3.41. The van der Waals surface area contributed by atoms with Crippen LogP contribution in [0.4, 0.5) is 0 Å². The van der Waals surface area contributed by atoms with Gasteiger partial charge in [-0.1, -0.05) is 142 Å². The Bertz CT molecular complexity index is 1520. The highest BCUT2D eigenvalue weighted by atomic mass is 32.2. The molecule has 6 atom stereocenters. The molecule has 0 saturated carbocycles. The van der Waals surface area contributed by atoms with E-state index in [-0.39, 0.29) is 19.4 Å². The molecule has 0 spiro atoms. The van der Waals surface area contributed by atoms with E-state index in [1.165, 1.54) is 0 Å². The van der Waals surface area contributed by atoms with E-state index < -0.39 is 71.2 Å². The average molecular weight is 861 g/mol. The fourth-order valence-corrected chi connectivity index (χ4v) is 6.35. The zero-order valence-corrected chi connectivity index (χ0v) is 36.6. The van der Waals surface area contributed by atoms with Crippen molar-refractivity contribution in [3.8, 4) is 0 Å². The topological polar surface area (TPSA) is 186 Å². The lowest BCUT2D eigenvalue weighted by Crippen LogP contribution is -2.60. The van der Waals surface area contributed by atoms with E-state index in [0.29, 0.717) is 19.3 Å². The molecule has 13 heteroatoms. The van der Waals surface area contributed by atoms with Gasteiger partial charge in [0.25, 0.3) is 10.1 Å². The van der Waals surface area contributed by atoms with E-state index >= 15 is 0 Å². The van der Waals surface area contributed by atoms with Crippen molar-refractivity contribution in [1.29, 1.82) is 0 Å². The number of aliphatic hydroxyl groups excluding tert-OH is 3. The lowest BCUT2D eigenvalue weighted by molar-refractivity contribution is -0.297. The Kier molecular flexibility index (Phi) is 32.6. The fourth-order valence-electron chi connectivity index (χ4n) is 5.66. The predicted molar refractivity (Wildman–Crippen MR) is 237 cm³/mol. The molecule has 0 bridgehead atoms. The van der Waals surface area contributed by atoms with Gasteiger partial charge in [0.2, 0.25) is 0 Å². The maximum absolute atomic E-state index is 12.8. The van der Waals surface area contributed by atoms with Crippen molar-refractivity contribution in [2.45, 2.75) is 153 Å². The minimum Gasteiger partial charge on any atom is -0.462 e. The van der Waals surface area contributed by atoms with Crippen molar-refractivity contribution in [3.63, 3.8) is 0 Å². The van der Waals surface area contributed by atoms with Crippen LogP contribution in [-0.2, 0) is 38.7 Å². The second-order valence-electron chi connectivity index (χ2n) is 14.3. The van der Waals surface area contributed by atoms with Gasteiger partial charge in [-0.15, -0.1) is 0 Å². The predicted octanol–water partition coefficient (Wildman–Crippen LogP) is 8.44. The number of esters is 2. The molecule has 0 radical (unpaired) electrons. The molecule has 1 fully saturated rings. The van der Waals surface area contributed by atoms with Crippen LogP contribution in [-0.4, -0.2) is 96.0 Å².